The fraction of sp³-hybridized carbons (Fsp3) is 0.133. The van der Waals surface area contributed by atoms with Crippen LogP contribution in [0, 0.1) is 18.3 Å². The summed E-state index contributed by atoms with van der Waals surface area (Å²) in [6, 6.07) is 7.32. The Bertz CT molecular complexity index is 675. The van der Waals surface area contributed by atoms with Gasteiger partial charge in [0.05, 0.1) is 0 Å². The first-order valence-electron chi connectivity index (χ1n) is 5.82. The van der Waals surface area contributed by atoms with Crippen molar-refractivity contribution in [2.24, 2.45) is 7.05 Å². The van der Waals surface area contributed by atoms with E-state index in [2.05, 4.69) is 11.1 Å². The Morgan fingerprint density at radius 3 is 2.89 bits per heavy atom. The molecular formula is C15H13N3O. The number of pyridine rings is 1. The first kappa shape index (κ1) is 12.8. The third-order valence-corrected chi connectivity index (χ3v) is 3.05. The van der Waals surface area contributed by atoms with Gasteiger partial charge in [-0.3, -0.25) is 9.78 Å². The fourth-order valence-corrected chi connectivity index (χ4v) is 1.77. The normalized spacial score (nSPS) is 10.6. The van der Waals surface area contributed by atoms with Crippen molar-refractivity contribution in [2.75, 3.05) is 0 Å². The molecule has 0 amide bonds. The number of hydrogen-bond acceptors (Lipinski definition) is 3. The topological polar surface area (TPSA) is 58.7 Å². The van der Waals surface area contributed by atoms with Gasteiger partial charge in [0.15, 0.2) is 5.78 Å². The van der Waals surface area contributed by atoms with E-state index < -0.39 is 0 Å². The third-order valence-electron chi connectivity index (χ3n) is 3.05. The molecule has 0 unspecified atom stereocenters. The number of carbonyl (C=O) groups is 1. The van der Waals surface area contributed by atoms with Gasteiger partial charge in [0.1, 0.15) is 11.8 Å². The Morgan fingerprint density at radius 2 is 2.32 bits per heavy atom. The van der Waals surface area contributed by atoms with Crippen LogP contribution in [0.15, 0.2) is 36.7 Å². The number of allylic oxidation sites excluding steroid dienone is 1. The molecule has 0 atom stereocenters. The van der Waals surface area contributed by atoms with Gasteiger partial charge in [0, 0.05) is 30.7 Å². The Kier molecular flexibility index (Phi) is 3.58. The van der Waals surface area contributed by atoms with Crippen LogP contribution < -0.4 is 0 Å². The third kappa shape index (κ3) is 2.61. The van der Waals surface area contributed by atoms with Gasteiger partial charge in [0.25, 0.3) is 0 Å². The first-order valence-corrected chi connectivity index (χ1v) is 5.82. The van der Waals surface area contributed by atoms with Crippen molar-refractivity contribution < 1.29 is 4.79 Å². The number of hydrogen-bond donors (Lipinski definition) is 0. The Balaban J connectivity index is 2.25. The molecule has 0 saturated heterocycles. The van der Waals surface area contributed by atoms with Gasteiger partial charge in [-0.2, -0.15) is 5.26 Å². The molecule has 2 aromatic heterocycles. The molecule has 0 aliphatic heterocycles. The lowest BCUT2D eigenvalue weighted by molar-refractivity contribution is 0.104. The maximum Gasteiger partial charge on any atom is 0.187 e. The van der Waals surface area contributed by atoms with E-state index >= 15 is 0 Å². The van der Waals surface area contributed by atoms with Gasteiger partial charge in [-0.1, -0.05) is 0 Å². The van der Waals surface area contributed by atoms with Crippen LogP contribution in [0.2, 0.25) is 0 Å². The van der Waals surface area contributed by atoms with Crippen molar-refractivity contribution in [1.82, 2.24) is 9.55 Å². The summed E-state index contributed by atoms with van der Waals surface area (Å²) >= 11 is 0. The van der Waals surface area contributed by atoms with E-state index in [1.165, 1.54) is 12.3 Å². The summed E-state index contributed by atoms with van der Waals surface area (Å²) in [7, 11) is 1.83. The van der Waals surface area contributed by atoms with Crippen molar-refractivity contribution in [2.45, 2.75) is 6.92 Å². The van der Waals surface area contributed by atoms with Crippen LogP contribution in [0.25, 0.3) is 6.08 Å². The van der Waals surface area contributed by atoms with E-state index in [9.17, 15) is 4.79 Å². The highest BCUT2D eigenvalue weighted by Crippen LogP contribution is 2.15. The molecule has 0 saturated carbocycles. The van der Waals surface area contributed by atoms with Crippen molar-refractivity contribution in [3.63, 3.8) is 0 Å². The van der Waals surface area contributed by atoms with Crippen LogP contribution in [-0.2, 0) is 7.05 Å². The second-order valence-corrected chi connectivity index (χ2v) is 4.18. The summed E-state index contributed by atoms with van der Waals surface area (Å²) in [6.45, 7) is 1.91. The monoisotopic (exact) mass is 251 g/mol. The molecule has 4 heteroatoms. The molecule has 0 fully saturated rings. The number of nitrogens with zero attached hydrogens (tertiary/aromatic N) is 3. The van der Waals surface area contributed by atoms with Crippen LogP contribution in [0.1, 0.15) is 27.3 Å². The summed E-state index contributed by atoms with van der Waals surface area (Å²) in [5, 5.41) is 8.94. The molecule has 4 nitrogen and oxygen atoms in total. The average molecular weight is 251 g/mol. The van der Waals surface area contributed by atoms with Crippen LogP contribution in [0.5, 0.6) is 0 Å². The number of ketones is 1. The molecule has 19 heavy (non-hydrogen) atoms. The zero-order chi connectivity index (χ0) is 13.8. The van der Waals surface area contributed by atoms with E-state index in [1.54, 1.807) is 35.0 Å². The smallest absolute Gasteiger partial charge is 0.187 e. The number of carbonyl (C=O) groups excluding carboxylic acids is 1. The van der Waals surface area contributed by atoms with Gasteiger partial charge in [-0.15, -0.1) is 0 Å². The minimum Gasteiger partial charge on any atom is -0.339 e. The summed E-state index contributed by atoms with van der Waals surface area (Å²) in [5.74, 6) is -0.102. The average Bonchev–Trinajstić information content (AvgIpc) is 2.73. The Hall–Kier alpha value is -2.67. The number of nitriles is 1. The second kappa shape index (κ2) is 5.32. The molecule has 0 bridgehead atoms. The first-order chi connectivity index (χ1) is 9.13. The summed E-state index contributed by atoms with van der Waals surface area (Å²) in [4.78, 5) is 15.8. The highest BCUT2D eigenvalue weighted by atomic mass is 16.1. The quantitative estimate of drug-likeness (QED) is 0.622. The maximum atomic E-state index is 11.9. The van der Waals surface area contributed by atoms with E-state index in [1.807, 2.05) is 14.0 Å². The zero-order valence-electron chi connectivity index (χ0n) is 10.8. The molecule has 0 spiro atoms. The summed E-state index contributed by atoms with van der Waals surface area (Å²) in [5.41, 5.74) is 2.95. The standard InChI is InChI=1S/C15H13N3O/c1-11-12(8-14(9-16)18(11)2)5-6-15(19)13-4-3-7-17-10-13/h3-8,10H,1-2H3/b6-5+. The Labute approximate surface area is 111 Å². The van der Waals surface area contributed by atoms with Crippen molar-refractivity contribution in [1.29, 1.82) is 5.26 Å². The summed E-state index contributed by atoms with van der Waals surface area (Å²) in [6.07, 6.45) is 6.39. The predicted octanol–water partition coefficient (Wildman–Crippen LogP) is 2.50. The molecule has 0 radical (unpaired) electrons. The van der Waals surface area contributed by atoms with Gasteiger partial charge in [-0.25, -0.2) is 0 Å². The molecule has 0 aliphatic carbocycles. The molecule has 94 valence electrons. The van der Waals surface area contributed by atoms with Gasteiger partial charge in [-0.05, 0) is 42.8 Å². The van der Waals surface area contributed by atoms with Gasteiger partial charge in [0.2, 0.25) is 0 Å². The van der Waals surface area contributed by atoms with E-state index in [-0.39, 0.29) is 5.78 Å². The fourth-order valence-electron chi connectivity index (χ4n) is 1.77. The maximum absolute atomic E-state index is 11.9. The molecule has 2 rings (SSSR count). The van der Waals surface area contributed by atoms with E-state index in [0.717, 1.165) is 11.3 Å². The minimum absolute atomic E-state index is 0.102. The lowest BCUT2D eigenvalue weighted by atomic mass is 10.1. The molecule has 2 heterocycles. The van der Waals surface area contributed by atoms with Crippen LogP contribution in [0.3, 0.4) is 0 Å². The second-order valence-electron chi connectivity index (χ2n) is 4.18. The highest BCUT2D eigenvalue weighted by Gasteiger charge is 2.07. The number of aromatic nitrogens is 2. The van der Waals surface area contributed by atoms with Gasteiger partial charge < -0.3 is 4.57 Å². The SMILES string of the molecule is Cc1c(/C=C/C(=O)c2cccnc2)cc(C#N)n1C. The summed E-state index contributed by atoms with van der Waals surface area (Å²) < 4.78 is 1.80. The van der Waals surface area contributed by atoms with Crippen LogP contribution >= 0.6 is 0 Å². The zero-order valence-corrected chi connectivity index (χ0v) is 10.8. The lowest BCUT2D eigenvalue weighted by Gasteiger charge is -1.97. The van der Waals surface area contributed by atoms with Crippen LogP contribution in [-0.4, -0.2) is 15.3 Å². The largest absolute Gasteiger partial charge is 0.339 e. The van der Waals surface area contributed by atoms with E-state index in [0.29, 0.717) is 11.3 Å². The lowest BCUT2D eigenvalue weighted by Crippen LogP contribution is -1.95. The molecule has 0 aliphatic rings. The number of rotatable bonds is 3. The van der Waals surface area contributed by atoms with Crippen molar-refractivity contribution in [3.05, 3.63) is 59.2 Å². The molecule has 2 aromatic rings. The van der Waals surface area contributed by atoms with Crippen molar-refractivity contribution in [3.8, 4) is 6.07 Å². The van der Waals surface area contributed by atoms with Gasteiger partial charge >= 0.3 is 0 Å². The Morgan fingerprint density at radius 1 is 1.53 bits per heavy atom. The molecular weight excluding hydrogens is 238 g/mol. The van der Waals surface area contributed by atoms with Crippen molar-refractivity contribution >= 4 is 11.9 Å². The highest BCUT2D eigenvalue weighted by molar-refractivity contribution is 6.06. The predicted molar refractivity (Wildman–Crippen MR) is 72.5 cm³/mol. The molecule has 0 aromatic carbocycles. The van der Waals surface area contributed by atoms with E-state index in [4.69, 9.17) is 5.26 Å². The molecule has 0 N–H and O–H groups in total. The minimum atomic E-state index is -0.102. The van der Waals surface area contributed by atoms with Crippen LogP contribution in [0.4, 0.5) is 0 Å².